The van der Waals surface area contributed by atoms with E-state index >= 15 is 0 Å². The standard InChI is InChI=1S/C22H28N8O2/c1-23-19-18-20(30(14-24-18)22(31)26-16-5-3-6-16)28-21(27-19)25-17-7-2-4-15(12-17)13-29-8-10-32-11-9-29/h2,4,7,12,14,16H,3,5-6,8-11,13H2,1H3,(H,26,31)(H2,23,25,27,28). The van der Waals surface area contributed by atoms with Gasteiger partial charge in [-0.05, 0) is 37.0 Å². The average molecular weight is 437 g/mol. The number of amides is 1. The van der Waals surface area contributed by atoms with Gasteiger partial charge in [0.2, 0.25) is 5.95 Å². The van der Waals surface area contributed by atoms with E-state index in [-0.39, 0.29) is 12.1 Å². The third kappa shape index (κ3) is 4.37. The van der Waals surface area contributed by atoms with E-state index in [0.717, 1.165) is 57.8 Å². The summed E-state index contributed by atoms with van der Waals surface area (Å²) >= 11 is 0. The summed E-state index contributed by atoms with van der Waals surface area (Å²) in [5, 5.41) is 9.38. The fourth-order valence-electron chi connectivity index (χ4n) is 3.97. The van der Waals surface area contributed by atoms with Crippen molar-refractivity contribution in [2.75, 3.05) is 44.0 Å². The number of rotatable bonds is 6. The molecule has 10 heteroatoms. The molecule has 3 aromatic rings. The largest absolute Gasteiger partial charge is 0.379 e. The highest BCUT2D eigenvalue weighted by Gasteiger charge is 2.22. The van der Waals surface area contributed by atoms with Crippen molar-refractivity contribution in [3.8, 4) is 0 Å². The molecule has 1 aliphatic carbocycles. The molecule has 1 aromatic carbocycles. The minimum Gasteiger partial charge on any atom is -0.379 e. The van der Waals surface area contributed by atoms with Gasteiger partial charge in [0.1, 0.15) is 6.33 Å². The van der Waals surface area contributed by atoms with Gasteiger partial charge in [0, 0.05) is 38.4 Å². The average Bonchev–Trinajstić information content (AvgIpc) is 3.21. The number of carbonyl (C=O) groups excluding carboxylic acids is 1. The van der Waals surface area contributed by atoms with E-state index in [0.29, 0.717) is 22.9 Å². The number of benzene rings is 1. The van der Waals surface area contributed by atoms with Gasteiger partial charge < -0.3 is 20.7 Å². The molecule has 0 radical (unpaired) electrons. The Morgan fingerprint density at radius 3 is 2.81 bits per heavy atom. The molecule has 1 amide bonds. The predicted molar refractivity (Wildman–Crippen MR) is 122 cm³/mol. The lowest BCUT2D eigenvalue weighted by Gasteiger charge is -2.26. The third-order valence-corrected chi connectivity index (χ3v) is 5.98. The minimum absolute atomic E-state index is 0.212. The molecule has 5 rings (SSSR count). The maximum absolute atomic E-state index is 12.7. The quantitative estimate of drug-likeness (QED) is 0.541. The Bertz CT molecular complexity index is 1100. The summed E-state index contributed by atoms with van der Waals surface area (Å²) in [7, 11) is 1.78. The number of anilines is 3. The first kappa shape index (κ1) is 20.7. The molecular formula is C22H28N8O2. The van der Waals surface area contributed by atoms with E-state index in [1.165, 1.54) is 16.5 Å². The number of fused-ring (bicyclic) bond motifs is 1. The van der Waals surface area contributed by atoms with Gasteiger partial charge in [-0.3, -0.25) is 4.90 Å². The van der Waals surface area contributed by atoms with Crippen LogP contribution in [0.4, 0.5) is 22.2 Å². The van der Waals surface area contributed by atoms with Crippen molar-refractivity contribution >= 4 is 34.6 Å². The monoisotopic (exact) mass is 436 g/mol. The highest BCUT2D eigenvalue weighted by molar-refractivity contribution is 5.92. The summed E-state index contributed by atoms with van der Waals surface area (Å²) in [6.45, 7) is 4.31. The number of hydrogen-bond acceptors (Lipinski definition) is 8. The molecule has 168 valence electrons. The molecule has 2 aromatic heterocycles. The lowest BCUT2D eigenvalue weighted by atomic mass is 9.93. The maximum Gasteiger partial charge on any atom is 0.328 e. The van der Waals surface area contributed by atoms with Gasteiger partial charge in [0.25, 0.3) is 0 Å². The highest BCUT2D eigenvalue weighted by atomic mass is 16.5. The van der Waals surface area contributed by atoms with Gasteiger partial charge in [-0.15, -0.1) is 0 Å². The van der Waals surface area contributed by atoms with Crippen LogP contribution in [0.3, 0.4) is 0 Å². The van der Waals surface area contributed by atoms with Crippen molar-refractivity contribution in [3.63, 3.8) is 0 Å². The fourth-order valence-corrected chi connectivity index (χ4v) is 3.97. The van der Waals surface area contributed by atoms with Crippen LogP contribution in [0.2, 0.25) is 0 Å². The van der Waals surface area contributed by atoms with Crippen molar-refractivity contribution in [3.05, 3.63) is 36.2 Å². The first-order chi connectivity index (χ1) is 15.7. The predicted octanol–water partition coefficient (Wildman–Crippen LogP) is 2.55. The Morgan fingerprint density at radius 1 is 1.22 bits per heavy atom. The Hall–Kier alpha value is -3.24. The molecule has 32 heavy (non-hydrogen) atoms. The van der Waals surface area contributed by atoms with E-state index in [4.69, 9.17) is 4.74 Å². The number of carbonyl (C=O) groups is 1. The van der Waals surface area contributed by atoms with E-state index in [2.05, 4.69) is 47.9 Å². The summed E-state index contributed by atoms with van der Waals surface area (Å²) in [6, 6.07) is 8.24. The number of nitrogens with one attached hydrogen (secondary N) is 3. The number of hydrogen-bond donors (Lipinski definition) is 3. The maximum atomic E-state index is 12.7. The van der Waals surface area contributed by atoms with Crippen LogP contribution in [-0.4, -0.2) is 69.8 Å². The Morgan fingerprint density at radius 2 is 2.06 bits per heavy atom. The smallest absolute Gasteiger partial charge is 0.328 e. The van der Waals surface area contributed by atoms with Crippen molar-refractivity contribution in [2.45, 2.75) is 31.8 Å². The number of morpholine rings is 1. The van der Waals surface area contributed by atoms with E-state index in [1.54, 1.807) is 7.05 Å². The zero-order chi connectivity index (χ0) is 21.9. The zero-order valence-electron chi connectivity index (χ0n) is 18.2. The van der Waals surface area contributed by atoms with Crippen LogP contribution in [0.5, 0.6) is 0 Å². The summed E-state index contributed by atoms with van der Waals surface area (Å²) in [5.74, 6) is 0.973. The summed E-state index contributed by atoms with van der Waals surface area (Å²) in [5.41, 5.74) is 3.12. The normalized spacial score (nSPS) is 17.2. The van der Waals surface area contributed by atoms with Crippen molar-refractivity contribution in [1.82, 2.24) is 29.7 Å². The minimum atomic E-state index is -0.212. The fraction of sp³-hybridized carbons (Fsp3) is 0.455. The second kappa shape index (κ2) is 9.09. The van der Waals surface area contributed by atoms with Crippen LogP contribution >= 0.6 is 0 Å². The molecule has 2 aliphatic rings. The zero-order valence-corrected chi connectivity index (χ0v) is 18.2. The summed E-state index contributed by atoms with van der Waals surface area (Å²) in [4.78, 5) is 28.6. The van der Waals surface area contributed by atoms with Gasteiger partial charge in [-0.2, -0.15) is 9.97 Å². The number of nitrogens with zero attached hydrogens (tertiary/aromatic N) is 5. The first-order valence-corrected chi connectivity index (χ1v) is 11.1. The van der Waals surface area contributed by atoms with Gasteiger partial charge >= 0.3 is 6.03 Å². The van der Waals surface area contributed by atoms with Crippen LogP contribution in [-0.2, 0) is 11.3 Å². The lowest BCUT2D eigenvalue weighted by molar-refractivity contribution is 0.0342. The number of aromatic nitrogens is 4. The molecule has 0 bridgehead atoms. The number of imidazole rings is 1. The third-order valence-electron chi connectivity index (χ3n) is 5.98. The SMILES string of the molecule is CNc1nc(Nc2cccc(CN3CCOCC3)c2)nc2c1ncn2C(=O)NC1CCC1. The van der Waals surface area contributed by atoms with Crippen molar-refractivity contribution < 1.29 is 9.53 Å². The second-order valence-electron chi connectivity index (χ2n) is 8.22. The summed E-state index contributed by atoms with van der Waals surface area (Å²) in [6.07, 6.45) is 4.69. The molecule has 2 fully saturated rings. The topological polar surface area (TPSA) is 109 Å². The van der Waals surface area contributed by atoms with Crippen LogP contribution < -0.4 is 16.0 Å². The van der Waals surface area contributed by atoms with Crippen LogP contribution in [0.1, 0.15) is 24.8 Å². The molecule has 0 spiro atoms. The van der Waals surface area contributed by atoms with Crippen LogP contribution in [0.15, 0.2) is 30.6 Å². The molecule has 3 heterocycles. The Labute approximate surface area is 186 Å². The lowest BCUT2D eigenvalue weighted by Crippen LogP contribution is -2.41. The van der Waals surface area contributed by atoms with Gasteiger partial charge in [0.15, 0.2) is 17.0 Å². The molecule has 3 N–H and O–H groups in total. The van der Waals surface area contributed by atoms with Gasteiger partial charge in [-0.25, -0.2) is 14.3 Å². The van der Waals surface area contributed by atoms with Crippen molar-refractivity contribution in [2.24, 2.45) is 0 Å². The van der Waals surface area contributed by atoms with E-state index in [1.807, 2.05) is 12.1 Å². The van der Waals surface area contributed by atoms with Crippen LogP contribution in [0, 0.1) is 0 Å². The second-order valence-corrected chi connectivity index (χ2v) is 8.22. The molecule has 0 atom stereocenters. The molecular weight excluding hydrogens is 408 g/mol. The molecule has 1 saturated heterocycles. The Balaban J connectivity index is 1.38. The van der Waals surface area contributed by atoms with Crippen LogP contribution in [0.25, 0.3) is 11.2 Å². The number of ether oxygens (including phenoxy) is 1. The van der Waals surface area contributed by atoms with Crippen molar-refractivity contribution in [1.29, 1.82) is 0 Å². The first-order valence-electron chi connectivity index (χ1n) is 11.1. The van der Waals surface area contributed by atoms with E-state index < -0.39 is 0 Å². The van der Waals surface area contributed by atoms with Gasteiger partial charge in [-0.1, -0.05) is 12.1 Å². The molecule has 10 nitrogen and oxygen atoms in total. The van der Waals surface area contributed by atoms with E-state index in [9.17, 15) is 4.79 Å². The van der Waals surface area contributed by atoms with Gasteiger partial charge in [0.05, 0.1) is 13.2 Å². The molecule has 0 unspecified atom stereocenters. The highest BCUT2D eigenvalue weighted by Crippen LogP contribution is 2.24. The Kier molecular flexibility index (Phi) is 5.87. The summed E-state index contributed by atoms with van der Waals surface area (Å²) < 4.78 is 6.89. The molecule has 1 aliphatic heterocycles. The molecule has 1 saturated carbocycles.